The summed E-state index contributed by atoms with van der Waals surface area (Å²) >= 11 is 0. The van der Waals surface area contributed by atoms with E-state index < -0.39 is 11.8 Å². The van der Waals surface area contributed by atoms with E-state index in [0.717, 1.165) is 31.2 Å². The molecule has 110 valence electrons. The van der Waals surface area contributed by atoms with Gasteiger partial charge in [-0.05, 0) is 37.1 Å². The number of nitrogens with zero attached hydrogens (tertiary/aromatic N) is 1. The predicted molar refractivity (Wildman–Crippen MR) is 75.3 cm³/mol. The van der Waals surface area contributed by atoms with Gasteiger partial charge >= 0.3 is 5.97 Å². The summed E-state index contributed by atoms with van der Waals surface area (Å²) in [6.45, 7) is 5.63. The SMILES string of the molecule is CCN(CCNCc1ccc(C(=O)O)c(F)c1)C1CC1. The highest BCUT2D eigenvalue weighted by Gasteiger charge is 2.26. The average Bonchev–Trinajstić information content (AvgIpc) is 3.23. The van der Waals surface area contributed by atoms with Crippen LogP contribution in [0.15, 0.2) is 18.2 Å². The lowest BCUT2D eigenvalue weighted by Gasteiger charge is -2.19. The lowest BCUT2D eigenvalue weighted by atomic mass is 10.1. The number of carboxylic acids is 1. The van der Waals surface area contributed by atoms with Crippen LogP contribution in [0.1, 0.15) is 35.7 Å². The van der Waals surface area contributed by atoms with Crippen molar-refractivity contribution in [2.75, 3.05) is 19.6 Å². The second-order valence-electron chi connectivity index (χ2n) is 5.16. The molecule has 2 N–H and O–H groups in total. The maximum atomic E-state index is 13.5. The minimum Gasteiger partial charge on any atom is -0.478 e. The fourth-order valence-corrected chi connectivity index (χ4v) is 2.34. The van der Waals surface area contributed by atoms with Crippen molar-refractivity contribution in [1.29, 1.82) is 0 Å². The maximum absolute atomic E-state index is 13.5. The molecule has 0 atom stereocenters. The van der Waals surface area contributed by atoms with E-state index in [1.54, 1.807) is 6.07 Å². The number of nitrogens with one attached hydrogen (secondary N) is 1. The molecule has 0 radical (unpaired) electrons. The van der Waals surface area contributed by atoms with Crippen LogP contribution < -0.4 is 5.32 Å². The summed E-state index contributed by atoms with van der Waals surface area (Å²) in [6.07, 6.45) is 2.60. The van der Waals surface area contributed by atoms with Gasteiger partial charge in [-0.25, -0.2) is 9.18 Å². The lowest BCUT2D eigenvalue weighted by molar-refractivity contribution is 0.0692. The molecular weight excluding hydrogens is 259 g/mol. The van der Waals surface area contributed by atoms with Crippen molar-refractivity contribution in [1.82, 2.24) is 10.2 Å². The number of rotatable bonds is 8. The minimum absolute atomic E-state index is 0.278. The Bertz CT molecular complexity index is 475. The molecule has 0 aliphatic heterocycles. The Labute approximate surface area is 118 Å². The Morgan fingerprint density at radius 3 is 2.80 bits per heavy atom. The topological polar surface area (TPSA) is 52.6 Å². The monoisotopic (exact) mass is 280 g/mol. The molecule has 0 heterocycles. The molecule has 0 amide bonds. The second kappa shape index (κ2) is 6.81. The minimum atomic E-state index is -1.23. The van der Waals surface area contributed by atoms with Crippen LogP contribution in [0.25, 0.3) is 0 Å². The van der Waals surface area contributed by atoms with Gasteiger partial charge in [0.1, 0.15) is 5.82 Å². The van der Waals surface area contributed by atoms with Crippen molar-refractivity contribution in [3.8, 4) is 0 Å². The normalized spacial score (nSPS) is 14.8. The standard InChI is InChI=1S/C15H21FN2O2/c1-2-18(12-4-5-12)8-7-17-10-11-3-6-13(15(19)20)14(16)9-11/h3,6,9,12,17H,2,4-5,7-8,10H2,1H3,(H,19,20). The van der Waals surface area contributed by atoms with E-state index in [0.29, 0.717) is 6.54 Å². The predicted octanol–water partition coefficient (Wildman–Crippen LogP) is 2.10. The van der Waals surface area contributed by atoms with Gasteiger partial charge in [-0.3, -0.25) is 4.90 Å². The Hall–Kier alpha value is -1.46. The number of halogens is 1. The van der Waals surface area contributed by atoms with Crippen LogP contribution in [0.3, 0.4) is 0 Å². The quantitative estimate of drug-likeness (QED) is 0.716. The van der Waals surface area contributed by atoms with Gasteiger partial charge in [0, 0.05) is 25.7 Å². The third-order valence-electron chi connectivity index (χ3n) is 3.64. The largest absolute Gasteiger partial charge is 0.478 e. The van der Waals surface area contributed by atoms with Gasteiger partial charge in [0.25, 0.3) is 0 Å². The molecule has 1 aromatic carbocycles. The van der Waals surface area contributed by atoms with E-state index in [4.69, 9.17) is 5.11 Å². The summed E-state index contributed by atoms with van der Waals surface area (Å²) < 4.78 is 13.5. The summed E-state index contributed by atoms with van der Waals surface area (Å²) in [5.74, 6) is -1.91. The molecule has 0 unspecified atom stereocenters. The van der Waals surface area contributed by atoms with Crippen molar-refractivity contribution in [3.63, 3.8) is 0 Å². The molecule has 0 saturated heterocycles. The Morgan fingerprint density at radius 2 is 2.25 bits per heavy atom. The number of benzene rings is 1. The average molecular weight is 280 g/mol. The molecule has 0 aromatic heterocycles. The highest BCUT2D eigenvalue weighted by atomic mass is 19.1. The van der Waals surface area contributed by atoms with Gasteiger partial charge in [0.15, 0.2) is 0 Å². The van der Waals surface area contributed by atoms with E-state index in [2.05, 4.69) is 17.1 Å². The number of carbonyl (C=O) groups is 1. The number of likely N-dealkylation sites (N-methyl/N-ethyl adjacent to an activating group) is 1. The smallest absolute Gasteiger partial charge is 0.338 e. The molecule has 1 aliphatic carbocycles. The molecule has 0 spiro atoms. The van der Waals surface area contributed by atoms with Crippen molar-refractivity contribution in [3.05, 3.63) is 35.1 Å². The summed E-state index contributed by atoms with van der Waals surface area (Å²) in [7, 11) is 0. The van der Waals surface area contributed by atoms with Crippen molar-refractivity contribution in [2.24, 2.45) is 0 Å². The van der Waals surface area contributed by atoms with Crippen LogP contribution in [0.4, 0.5) is 4.39 Å². The van der Waals surface area contributed by atoms with Gasteiger partial charge in [0.05, 0.1) is 5.56 Å². The third kappa shape index (κ3) is 4.02. The summed E-state index contributed by atoms with van der Waals surface area (Å²) in [4.78, 5) is 13.2. The highest BCUT2D eigenvalue weighted by Crippen LogP contribution is 2.25. The first-order valence-electron chi connectivity index (χ1n) is 7.08. The van der Waals surface area contributed by atoms with Gasteiger partial charge in [-0.1, -0.05) is 13.0 Å². The fraction of sp³-hybridized carbons (Fsp3) is 0.533. The van der Waals surface area contributed by atoms with Crippen LogP contribution in [0.5, 0.6) is 0 Å². The van der Waals surface area contributed by atoms with Gasteiger partial charge in [0.2, 0.25) is 0 Å². The van der Waals surface area contributed by atoms with Crippen molar-refractivity contribution >= 4 is 5.97 Å². The number of aromatic carboxylic acids is 1. The van der Waals surface area contributed by atoms with E-state index >= 15 is 0 Å². The molecule has 4 nitrogen and oxygen atoms in total. The first kappa shape index (κ1) is 14.9. The van der Waals surface area contributed by atoms with E-state index in [1.807, 2.05) is 0 Å². The zero-order valence-electron chi connectivity index (χ0n) is 11.7. The summed E-state index contributed by atoms with van der Waals surface area (Å²) in [5, 5.41) is 12.0. The molecule has 0 bridgehead atoms. The van der Waals surface area contributed by atoms with Crippen LogP contribution in [-0.4, -0.2) is 41.7 Å². The number of hydrogen-bond donors (Lipinski definition) is 2. The fourth-order valence-electron chi connectivity index (χ4n) is 2.34. The van der Waals surface area contributed by atoms with E-state index in [9.17, 15) is 9.18 Å². The molecule has 5 heteroatoms. The second-order valence-corrected chi connectivity index (χ2v) is 5.16. The molecule has 1 aromatic rings. The molecule has 20 heavy (non-hydrogen) atoms. The van der Waals surface area contributed by atoms with Gasteiger partial charge in [-0.15, -0.1) is 0 Å². The molecule has 2 rings (SSSR count). The van der Waals surface area contributed by atoms with Crippen LogP contribution in [0, 0.1) is 5.82 Å². The van der Waals surface area contributed by atoms with Crippen molar-refractivity contribution < 1.29 is 14.3 Å². The first-order chi connectivity index (χ1) is 9.61. The van der Waals surface area contributed by atoms with Crippen LogP contribution >= 0.6 is 0 Å². The highest BCUT2D eigenvalue weighted by molar-refractivity contribution is 5.87. The summed E-state index contributed by atoms with van der Waals surface area (Å²) in [5.41, 5.74) is 0.488. The zero-order valence-corrected chi connectivity index (χ0v) is 11.7. The number of hydrogen-bond acceptors (Lipinski definition) is 3. The molecule has 1 aliphatic rings. The van der Waals surface area contributed by atoms with Gasteiger partial charge < -0.3 is 10.4 Å². The molecule has 1 fully saturated rings. The van der Waals surface area contributed by atoms with Crippen LogP contribution in [-0.2, 0) is 6.54 Å². The summed E-state index contributed by atoms with van der Waals surface area (Å²) in [6, 6.07) is 5.01. The van der Waals surface area contributed by atoms with Crippen LogP contribution in [0.2, 0.25) is 0 Å². The Balaban J connectivity index is 1.76. The van der Waals surface area contributed by atoms with E-state index in [1.165, 1.54) is 25.0 Å². The first-order valence-corrected chi connectivity index (χ1v) is 7.08. The lowest BCUT2D eigenvalue weighted by Crippen LogP contribution is -2.33. The zero-order chi connectivity index (χ0) is 14.5. The van der Waals surface area contributed by atoms with E-state index in [-0.39, 0.29) is 5.56 Å². The maximum Gasteiger partial charge on any atom is 0.338 e. The third-order valence-corrected chi connectivity index (χ3v) is 3.64. The number of carboxylic acid groups (broad SMARTS) is 1. The Kier molecular flexibility index (Phi) is 5.09. The Morgan fingerprint density at radius 1 is 1.50 bits per heavy atom. The van der Waals surface area contributed by atoms with Gasteiger partial charge in [-0.2, -0.15) is 0 Å². The molecular formula is C15H21FN2O2. The van der Waals surface area contributed by atoms with Crippen molar-refractivity contribution in [2.45, 2.75) is 32.4 Å². The molecule has 1 saturated carbocycles.